The number of benzene rings is 1. The Hall–Kier alpha value is -0.542. The van der Waals surface area contributed by atoms with Crippen molar-refractivity contribution in [2.75, 3.05) is 19.8 Å². The van der Waals surface area contributed by atoms with E-state index in [-0.39, 0.29) is 15.8 Å². The third-order valence-electron chi connectivity index (χ3n) is 4.95. The Labute approximate surface area is 144 Å². The van der Waals surface area contributed by atoms with E-state index in [1.54, 1.807) is 6.07 Å². The molecule has 0 bridgehead atoms. The maximum atomic E-state index is 10.0. The molecule has 1 radical (unpaired) electrons. The predicted octanol–water partition coefficient (Wildman–Crippen LogP) is 1.74. The van der Waals surface area contributed by atoms with Gasteiger partial charge in [0, 0.05) is 0 Å². The molecule has 1 N–H and O–H groups in total. The topological polar surface area (TPSA) is 57.8 Å². The molecule has 0 saturated carbocycles. The molecule has 3 fully saturated rings. The summed E-state index contributed by atoms with van der Waals surface area (Å²) in [6.07, 6.45) is 4.91. The van der Waals surface area contributed by atoms with E-state index in [2.05, 4.69) is 6.07 Å². The van der Waals surface area contributed by atoms with Gasteiger partial charge in [0.05, 0.1) is 0 Å². The first-order chi connectivity index (χ1) is 11.3. The van der Waals surface area contributed by atoms with Gasteiger partial charge in [-0.05, 0) is 0 Å². The first-order valence-corrected chi connectivity index (χ1v) is 10.8. The summed E-state index contributed by atoms with van der Waals surface area (Å²) in [6.45, 7) is 2.79. The van der Waals surface area contributed by atoms with Gasteiger partial charge in [-0.1, -0.05) is 0 Å². The van der Waals surface area contributed by atoms with Crippen molar-refractivity contribution in [3.8, 4) is 5.75 Å². The molecule has 125 valence electrons. The van der Waals surface area contributed by atoms with Gasteiger partial charge in [-0.2, -0.15) is 0 Å². The van der Waals surface area contributed by atoms with Gasteiger partial charge < -0.3 is 0 Å². The number of rotatable bonds is 10. The fourth-order valence-electron chi connectivity index (χ4n) is 3.34. The molecule has 4 unspecified atom stereocenters. The Balaban J connectivity index is 1.40. The number of epoxide rings is 3. The molecule has 3 aliphatic rings. The third-order valence-corrected chi connectivity index (χ3v) is 7.82. The molecule has 3 saturated heterocycles. The maximum absolute atomic E-state index is 10.0. The second kappa shape index (κ2) is 7.14. The molecule has 23 heavy (non-hydrogen) atoms. The van der Waals surface area contributed by atoms with Crippen molar-refractivity contribution in [3.63, 3.8) is 0 Å². The molecule has 1 aromatic rings. The van der Waals surface area contributed by atoms with Crippen LogP contribution in [0.15, 0.2) is 24.3 Å². The zero-order chi connectivity index (χ0) is 15.6. The van der Waals surface area contributed by atoms with E-state index in [1.165, 1.54) is 18.1 Å². The standard InChI is InChI=1S/C18H24AsO4/c20-18-4-2-1-3-17(18)19-8-13(7-16-11-23-16)12(5-14-9-21-14)6-15-10-22-15/h1-4,12-16,20H,5-11H2. The number of hydrogen-bond donors (Lipinski definition) is 1. The van der Waals surface area contributed by atoms with Crippen molar-refractivity contribution >= 4 is 20.1 Å². The van der Waals surface area contributed by atoms with Crippen LogP contribution in [-0.4, -0.2) is 59.0 Å². The Morgan fingerprint density at radius 3 is 1.96 bits per heavy atom. The summed E-state index contributed by atoms with van der Waals surface area (Å²) >= 11 is -0.00878. The van der Waals surface area contributed by atoms with Crippen molar-refractivity contribution in [1.29, 1.82) is 0 Å². The minimum absolute atomic E-state index is 0.00878. The quantitative estimate of drug-likeness (QED) is 0.497. The first-order valence-electron chi connectivity index (χ1n) is 8.58. The number of phenolic OH excluding ortho intramolecular Hbond substituents is 1. The van der Waals surface area contributed by atoms with E-state index >= 15 is 0 Å². The number of aromatic hydroxyl groups is 1. The van der Waals surface area contributed by atoms with Crippen LogP contribution in [-0.2, 0) is 14.2 Å². The number of ether oxygens (including phenoxy) is 3. The van der Waals surface area contributed by atoms with Crippen molar-refractivity contribution in [2.45, 2.75) is 42.8 Å². The average Bonchev–Trinajstić information content (AvgIpc) is 3.37. The molecule has 3 heterocycles. The number of phenols is 1. The number of hydrogen-bond acceptors (Lipinski definition) is 4. The molecule has 0 amide bonds. The van der Waals surface area contributed by atoms with Crippen molar-refractivity contribution in [2.24, 2.45) is 11.8 Å². The summed E-state index contributed by atoms with van der Waals surface area (Å²) < 4.78 is 17.6. The van der Waals surface area contributed by atoms with Gasteiger partial charge >= 0.3 is 144 Å². The van der Waals surface area contributed by atoms with Crippen molar-refractivity contribution < 1.29 is 19.3 Å². The molecule has 3 aliphatic heterocycles. The van der Waals surface area contributed by atoms with Crippen LogP contribution in [0.25, 0.3) is 0 Å². The molecule has 1 aromatic carbocycles. The van der Waals surface area contributed by atoms with Crippen LogP contribution in [0, 0.1) is 11.8 Å². The summed E-state index contributed by atoms with van der Waals surface area (Å²) in [5, 5.41) is 11.2. The number of para-hydroxylation sites is 1. The zero-order valence-corrected chi connectivity index (χ0v) is 15.1. The zero-order valence-electron chi connectivity index (χ0n) is 13.3. The van der Waals surface area contributed by atoms with E-state index < -0.39 is 0 Å². The van der Waals surface area contributed by atoms with Crippen LogP contribution in [0.4, 0.5) is 0 Å². The van der Waals surface area contributed by atoms with Gasteiger partial charge in [0.2, 0.25) is 0 Å². The summed E-state index contributed by atoms with van der Waals surface area (Å²) in [4.78, 5) is 0. The predicted molar refractivity (Wildman–Crippen MR) is 88.4 cm³/mol. The Morgan fingerprint density at radius 2 is 1.43 bits per heavy atom. The van der Waals surface area contributed by atoms with Crippen LogP contribution < -0.4 is 4.35 Å². The van der Waals surface area contributed by atoms with Gasteiger partial charge in [0.25, 0.3) is 0 Å². The Morgan fingerprint density at radius 1 is 0.913 bits per heavy atom. The second-order valence-electron chi connectivity index (χ2n) is 6.92. The molecule has 4 nitrogen and oxygen atoms in total. The molecule has 0 spiro atoms. The Kier molecular flexibility index (Phi) is 4.96. The average molecular weight is 379 g/mol. The van der Waals surface area contributed by atoms with Crippen LogP contribution >= 0.6 is 0 Å². The van der Waals surface area contributed by atoms with Gasteiger partial charge in [-0.15, -0.1) is 0 Å². The van der Waals surface area contributed by atoms with Crippen LogP contribution in [0.5, 0.6) is 5.75 Å². The monoisotopic (exact) mass is 379 g/mol. The molecular formula is C18H24AsO4. The normalized spacial score (nSPS) is 31.2. The van der Waals surface area contributed by atoms with E-state index in [1.807, 2.05) is 12.1 Å². The molecular weight excluding hydrogens is 355 g/mol. The van der Waals surface area contributed by atoms with Gasteiger partial charge in [0.1, 0.15) is 0 Å². The van der Waals surface area contributed by atoms with E-state index in [0.29, 0.717) is 35.9 Å². The Bertz CT molecular complexity index is 512. The molecule has 0 aromatic heterocycles. The molecule has 5 heteroatoms. The minimum atomic E-state index is -0.00878. The summed E-state index contributed by atoms with van der Waals surface area (Å²) in [7, 11) is 0. The fourth-order valence-corrected chi connectivity index (χ4v) is 6.08. The van der Waals surface area contributed by atoms with Crippen molar-refractivity contribution in [1.82, 2.24) is 0 Å². The van der Waals surface area contributed by atoms with E-state index in [9.17, 15) is 5.11 Å². The van der Waals surface area contributed by atoms with Gasteiger partial charge in [0.15, 0.2) is 0 Å². The van der Waals surface area contributed by atoms with Crippen LogP contribution in [0.3, 0.4) is 0 Å². The van der Waals surface area contributed by atoms with E-state index in [4.69, 9.17) is 14.2 Å². The van der Waals surface area contributed by atoms with Crippen LogP contribution in [0.2, 0.25) is 5.21 Å². The molecule has 4 atom stereocenters. The van der Waals surface area contributed by atoms with Gasteiger partial charge in [-0.3, -0.25) is 0 Å². The SMILES string of the molecule is Oc1ccccc1[As]CC(CC1CO1)C(CC1CO1)CC1CO1. The summed E-state index contributed by atoms with van der Waals surface area (Å²) in [5.41, 5.74) is 0. The third kappa shape index (κ3) is 4.96. The second-order valence-corrected chi connectivity index (χ2v) is 9.36. The summed E-state index contributed by atoms with van der Waals surface area (Å²) in [6, 6.07) is 7.80. The van der Waals surface area contributed by atoms with E-state index in [0.717, 1.165) is 30.6 Å². The van der Waals surface area contributed by atoms with Crippen molar-refractivity contribution in [3.05, 3.63) is 24.3 Å². The van der Waals surface area contributed by atoms with Gasteiger partial charge in [-0.25, -0.2) is 0 Å². The fraction of sp³-hybridized carbons (Fsp3) is 0.667. The molecule has 4 rings (SSSR count). The first kappa shape index (κ1) is 16.0. The molecule has 0 aliphatic carbocycles. The summed E-state index contributed by atoms with van der Waals surface area (Å²) in [5.74, 6) is 1.79. The van der Waals surface area contributed by atoms with Crippen LogP contribution in [0.1, 0.15) is 19.3 Å².